The standard InChI is InChI=1S/C17H23FN4O2/c1-11(12-4-6-15(24-3)14(18)8-12)19-13-5-7-17-20-16(10-23-2)21-22(17)9-13/h4,6,8,11,13,19H,5,7,9-10H2,1-3H3. The Morgan fingerprint density at radius 1 is 1.42 bits per heavy atom. The lowest BCUT2D eigenvalue weighted by Crippen LogP contribution is -2.39. The van der Waals surface area contributed by atoms with Crippen LogP contribution in [-0.2, 0) is 24.3 Å². The second kappa shape index (κ2) is 7.27. The van der Waals surface area contributed by atoms with Crippen LogP contribution in [0.2, 0.25) is 0 Å². The molecule has 3 rings (SSSR count). The minimum Gasteiger partial charge on any atom is -0.494 e. The number of aromatic nitrogens is 3. The maximum Gasteiger partial charge on any atom is 0.176 e. The van der Waals surface area contributed by atoms with Crippen molar-refractivity contribution in [1.82, 2.24) is 20.1 Å². The quantitative estimate of drug-likeness (QED) is 0.878. The second-order valence-electron chi connectivity index (χ2n) is 6.08. The molecule has 2 atom stereocenters. The van der Waals surface area contributed by atoms with Crippen LogP contribution in [0.25, 0.3) is 0 Å². The largest absolute Gasteiger partial charge is 0.494 e. The predicted molar refractivity (Wildman–Crippen MR) is 87.3 cm³/mol. The van der Waals surface area contributed by atoms with E-state index in [0.717, 1.165) is 36.6 Å². The summed E-state index contributed by atoms with van der Waals surface area (Å²) in [7, 11) is 3.11. The van der Waals surface area contributed by atoms with Gasteiger partial charge in [0.25, 0.3) is 0 Å². The van der Waals surface area contributed by atoms with Crippen molar-refractivity contribution in [3.05, 3.63) is 41.2 Å². The second-order valence-corrected chi connectivity index (χ2v) is 6.08. The highest BCUT2D eigenvalue weighted by Crippen LogP contribution is 2.23. The molecule has 0 fully saturated rings. The smallest absolute Gasteiger partial charge is 0.176 e. The van der Waals surface area contributed by atoms with Crippen LogP contribution in [0.4, 0.5) is 4.39 Å². The lowest BCUT2D eigenvalue weighted by molar-refractivity contribution is 0.177. The molecule has 0 bridgehead atoms. The summed E-state index contributed by atoms with van der Waals surface area (Å²) < 4.78 is 25.9. The van der Waals surface area contributed by atoms with Gasteiger partial charge in [-0.2, -0.15) is 5.10 Å². The molecular formula is C17H23FN4O2. The summed E-state index contributed by atoms with van der Waals surface area (Å²) in [6.45, 7) is 3.23. The highest BCUT2D eigenvalue weighted by Gasteiger charge is 2.23. The number of hydrogen-bond acceptors (Lipinski definition) is 5. The molecule has 2 unspecified atom stereocenters. The predicted octanol–water partition coefficient (Wildman–Crippen LogP) is 2.24. The van der Waals surface area contributed by atoms with Gasteiger partial charge in [-0.3, -0.25) is 0 Å². The normalized spacial score (nSPS) is 18.2. The maximum atomic E-state index is 13.9. The Labute approximate surface area is 141 Å². The number of benzene rings is 1. The fourth-order valence-electron chi connectivity index (χ4n) is 3.09. The highest BCUT2D eigenvalue weighted by molar-refractivity contribution is 5.30. The fourth-order valence-corrected chi connectivity index (χ4v) is 3.09. The van der Waals surface area contributed by atoms with Crippen molar-refractivity contribution in [2.45, 2.75) is 45.0 Å². The first-order valence-corrected chi connectivity index (χ1v) is 8.11. The lowest BCUT2D eigenvalue weighted by atomic mass is 10.0. The number of ether oxygens (including phenoxy) is 2. The van der Waals surface area contributed by atoms with E-state index >= 15 is 0 Å². The first-order chi connectivity index (χ1) is 11.6. The lowest BCUT2D eigenvalue weighted by Gasteiger charge is -2.27. The van der Waals surface area contributed by atoms with Crippen LogP contribution in [0.1, 0.15) is 36.6 Å². The SMILES string of the molecule is COCc1nc2n(n1)CC(NC(C)c1ccc(OC)c(F)c1)CC2. The van der Waals surface area contributed by atoms with Gasteiger partial charge in [0.05, 0.1) is 13.7 Å². The number of nitrogens with one attached hydrogen (secondary N) is 1. The van der Waals surface area contributed by atoms with Crippen molar-refractivity contribution >= 4 is 0 Å². The molecular weight excluding hydrogens is 311 g/mol. The van der Waals surface area contributed by atoms with E-state index in [1.165, 1.54) is 13.2 Å². The molecule has 1 aliphatic heterocycles. The number of aryl methyl sites for hydroxylation is 1. The van der Waals surface area contributed by atoms with Crippen LogP contribution in [0.15, 0.2) is 18.2 Å². The zero-order valence-corrected chi connectivity index (χ0v) is 14.3. The van der Waals surface area contributed by atoms with E-state index in [4.69, 9.17) is 9.47 Å². The average Bonchev–Trinajstić information content (AvgIpc) is 2.96. The Hall–Kier alpha value is -1.99. The number of rotatable bonds is 6. The van der Waals surface area contributed by atoms with Crippen LogP contribution in [0.5, 0.6) is 5.75 Å². The van der Waals surface area contributed by atoms with Crippen molar-refractivity contribution in [2.24, 2.45) is 0 Å². The zero-order chi connectivity index (χ0) is 17.1. The molecule has 7 heteroatoms. The van der Waals surface area contributed by atoms with Crippen molar-refractivity contribution in [3.8, 4) is 5.75 Å². The molecule has 2 heterocycles. The molecule has 130 valence electrons. The molecule has 0 spiro atoms. The molecule has 6 nitrogen and oxygen atoms in total. The van der Waals surface area contributed by atoms with E-state index in [9.17, 15) is 4.39 Å². The monoisotopic (exact) mass is 334 g/mol. The minimum absolute atomic E-state index is 0.0407. The van der Waals surface area contributed by atoms with Gasteiger partial charge in [-0.25, -0.2) is 14.1 Å². The van der Waals surface area contributed by atoms with E-state index in [1.54, 1.807) is 13.2 Å². The summed E-state index contributed by atoms with van der Waals surface area (Å²) in [4.78, 5) is 4.48. The van der Waals surface area contributed by atoms with E-state index in [2.05, 4.69) is 15.4 Å². The molecule has 1 aromatic heterocycles. The van der Waals surface area contributed by atoms with Crippen LogP contribution in [0, 0.1) is 5.82 Å². The van der Waals surface area contributed by atoms with Crippen molar-refractivity contribution in [3.63, 3.8) is 0 Å². The Morgan fingerprint density at radius 2 is 2.25 bits per heavy atom. The summed E-state index contributed by atoms with van der Waals surface area (Å²) in [5.41, 5.74) is 0.901. The van der Waals surface area contributed by atoms with Crippen LogP contribution < -0.4 is 10.1 Å². The first kappa shape index (κ1) is 16.9. The van der Waals surface area contributed by atoms with Crippen LogP contribution in [-0.4, -0.2) is 35.0 Å². The molecule has 0 saturated carbocycles. The van der Waals surface area contributed by atoms with Crippen molar-refractivity contribution < 1.29 is 13.9 Å². The number of nitrogens with zero attached hydrogens (tertiary/aromatic N) is 3. The molecule has 1 aromatic carbocycles. The third-order valence-corrected chi connectivity index (χ3v) is 4.34. The molecule has 0 radical (unpaired) electrons. The van der Waals surface area contributed by atoms with Gasteiger partial charge in [-0.15, -0.1) is 0 Å². The van der Waals surface area contributed by atoms with Gasteiger partial charge in [0.1, 0.15) is 12.4 Å². The molecule has 0 saturated heterocycles. The fraction of sp³-hybridized carbons (Fsp3) is 0.529. The molecule has 2 aromatic rings. The third-order valence-electron chi connectivity index (χ3n) is 4.34. The van der Waals surface area contributed by atoms with Gasteiger partial charge in [-0.05, 0) is 31.0 Å². The molecule has 1 N–H and O–H groups in total. The maximum absolute atomic E-state index is 13.9. The summed E-state index contributed by atoms with van der Waals surface area (Å²) in [6, 6.07) is 5.39. The average molecular weight is 334 g/mol. The molecule has 24 heavy (non-hydrogen) atoms. The van der Waals surface area contributed by atoms with Crippen molar-refractivity contribution in [2.75, 3.05) is 14.2 Å². The van der Waals surface area contributed by atoms with Crippen LogP contribution in [0.3, 0.4) is 0 Å². The Kier molecular flexibility index (Phi) is 5.11. The molecule has 0 aliphatic carbocycles. The van der Waals surface area contributed by atoms with E-state index in [1.807, 2.05) is 17.7 Å². The molecule has 1 aliphatic rings. The molecule has 0 amide bonds. The number of hydrogen-bond donors (Lipinski definition) is 1. The zero-order valence-electron chi connectivity index (χ0n) is 14.3. The third kappa shape index (κ3) is 3.57. The summed E-state index contributed by atoms with van der Waals surface area (Å²) in [6.07, 6.45) is 1.85. The minimum atomic E-state index is -0.338. The van der Waals surface area contributed by atoms with Gasteiger partial charge < -0.3 is 14.8 Å². The van der Waals surface area contributed by atoms with Crippen LogP contribution >= 0.6 is 0 Å². The van der Waals surface area contributed by atoms with Gasteiger partial charge in [0, 0.05) is 25.6 Å². The Balaban J connectivity index is 1.64. The van der Waals surface area contributed by atoms with Gasteiger partial charge in [0.15, 0.2) is 17.4 Å². The highest BCUT2D eigenvalue weighted by atomic mass is 19.1. The topological polar surface area (TPSA) is 61.2 Å². The van der Waals surface area contributed by atoms with E-state index in [-0.39, 0.29) is 23.7 Å². The van der Waals surface area contributed by atoms with E-state index in [0.29, 0.717) is 6.61 Å². The summed E-state index contributed by atoms with van der Waals surface area (Å²) in [5, 5.41) is 8.03. The first-order valence-electron chi connectivity index (χ1n) is 8.11. The van der Waals surface area contributed by atoms with Gasteiger partial charge in [-0.1, -0.05) is 6.07 Å². The number of methoxy groups -OCH3 is 2. The van der Waals surface area contributed by atoms with Crippen molar-refractivity contribution in [1.29, 1.82) is 0 Å². The summed E-state index contributed by atoms with van der Waals surface area (Å²) in [5.74, 6) is 1.65. The number of halogens is 1. The Bertz CT molecular complexity index is 704. The van der Waals surface area contributed by atoms with E-state index < -0.39 is 0 Å². The number of fused-ring (bicyclic) bond motifs is 1. The summed E-state index contributed by atoms with van der Waals surface area (Å²) >= 11 is 0. The van der Waals surface area contributed by atoms with Gasteiger partial charge >= 0.3 is 0 Å². The van der Waals surface area contributed by atoms with Gasteiger partial charge in [0.2, 0.25) is 0 Å². The Morgan fingerprint density at radius 3 is 2.96 bits per heavy atom.